The monoisotopic (exact) mass is 561 g/mol. The molecule has 0 aliphatic rings. The summed E-state index contributed by atoms with van der Waals surface area (Å²) in [6.45, 7) is 1.58. The molecule has 2 amide bonds. The van der Waals surface area contributed by atoms with Gasteiger partial charge in [-0.2, -0.15) is 0 Å². The Morgan fingerprint density at radius 2 is 1.60 bits per heavy atom. The van der Waals surface area contributed by atoms with E-state index in [2.05, 4.69) is 11.1 Å². The molecule has 1 aromatic heterocycles. The van der Waals surface area contributed by atoms with Crippen LogP contribution in [-0.4, -0.2) is 67.1 Å². The third-order valence-electron chi connectivity index (χ3n) is 6.96. The van der Waals surface area contributed by atoms with Gasteiger partial charge in [-0.1, -0.05) is 66.7 Å². The lowest BCUT2D eigenvalue weighted by atomic mass is 10.1. The molecule has 0 aliphatic heterocycles. The molecule has 0 fully saturated rings. The highest BCUT2D eigenvalue weighted by atomic mass is 35.5. The zero-order chi connectivity index (χ0) is 28.3. The first-order valence-electron chi connectivity index (χ1n) is 13.4. The maximum atomic E-state index is 13.9. The number of hydrogen-bond acceptors (Lipinski definition) is 4. The molecule has 0 radical (unpaired) electrons. The van der Waals surface area contributed by atoms with Crippen molar-refractivity contribution in [3.8, 4) is 5.75 Å². The van der Waals surface area contributed by atoms with Gasteiger partial charge in [-0.05, 0) is 36.1 Å². The molecular formula is C32H36ClN3O4. The van der Waals surface area contributed by atoms with E-state index in [9.17, 15) is 9.59 Å². The molecule has 8 heteroatoms. The summed E-state index contributed by atoms with van der Waals surface area (Å²) in [5.74, 6) is 0.255. The maximum absolute atomic E-state index is 13.9. The van der Waals surface area contributed by atoms with Crippen molar-refractivity contribution in [3.05, 3.63) is 102 Å². The first kappa shape index (κ1) is 29.2. The smallest absolute Gasteiger partial charge is 0.245 e. The van der Waals surface area contributed by atoms with E-state index in [1.165, 1.54) is 0 Å². The highest BCUT2D eigenvalue weighted by Crippen LogP contribution is 2.25. The van der Waals surface area contributed by atoms with Crippen LogP contribution in [0.3, 0.4) is 0 Å². The van der Waals surface area contributed by atoms with Gasteiger partial charge in [0.2, 0.25) is 11.8 Å². The van der Waals surface area contributed by atoms with Crippen molar-refractivity contribution >= 4 is 34.3 Å². The van der Waals surface area contributed by atoms with Crippen LogP contribution < -0.4 is 4.74 Å². The molecule has 0 saturated heterocycles. The number of hydrogen-bond donors (Lipinski definition) is 1. The second kappa shape index (κ2) is 14.5. The molecule has 1 unspecified atom stereocenters. The Balaban J connectivity index is 1.56. The minimum absolute atomic E-state index is 0.0817. The number of nitrogens with zero attached hydrogens (tertiary/aromatic N) is 2. The van der Waals surface area contributed by atoms with Crippen molar-refractivity contribution in [1.82, 2.24) is 14.8 Å². The summed E-state index contributed by atoms with van der Waals surface area (Å²) in [5.41, 5.74) is 3.79. The minimum Gasteiger partial charge on any atom is -0.496 e. The lowest BCUT2D eigenvalue weighted by molar-refractivity contribution is -0.141. The molecule has 210 valence electrons. The van der Waals surface area contributed by atoms with Crippen LogP contribution in [0.15, 0.2) is 85.1 Å². The number of amides is 2. The average Bonchev–Trinajstić information content (AvgIpc) is 3.41. The number of carbonyl (C=O) groups is 2. The van der Waals surface area contributed by atoms with Crippen molar-refractivity contribution in [3.63, 3.8) is 0 Å². The Kier molecular flexibility index (Phi) is 10.6. The molecule has 0 spiro atoms. The van der Waals surface area contributed by atoms with E-state index < -0.39 is 5.38 Å². The Bertz CT molecular complexity index is 1390. The molecule has 0 saturated carbocycles. The Hall–Kier alpha value is -3.81. The third-order valence-corrected chi connectivity index (χ3v) is 7.39. The molecule has 1 atom stereocenters. The standard InChI is InChI=1S/C32H36ClN3O4/c1-39-20-10-18-36(32(38)31(33)24-11-4-3-5-12-24)23-30(37)35(22-26-13-6-9-16-29(26)40-2)19-17-25-21-34-28-15-8-7-14-27(25)28/h3-9,11-16,21,31,34H,10,17-20,22-23H2,1-2H3. The predicted octanol–water partition coefficient (Wildman–Crippen LogP) is 5.59. The van der Waals surface area contributed by atoms with E-state index in [0.717, 1.165) is 22.0 Å². The third kappa shape index (κ3) is 7.43. The quantitative estimate of drug-likeness (QED) is 0.161. The Morgan fingerprint density at radius 3 is 2.38 bits per heavy atom. The van der Waals surface area contributed by atoms with Crippen molar-refractivity contribution < 1.29 is 19.1 Å². The van der Waals surface area contributed by atoms with Gasteiger partial charge in [-0.3, -0.25) is 9.59 Å². The van der Waals surface area contributed by atoms with Crippen LogP contribution in [0.25, 0.3) is 10.9 Å². The number of H-pyrrole nitrogens is 1. The van der Waals surface area contributed by atoms with Gasteiger partial charge >= 0.3 is 0 Å². The van der Waals surface area contributed by atoms with Gasteiger partial charge in [-0.25, -0.2) is 0 Å². The molecule has 1 heterocycles. The van der Waals surface area contributed by atoms with Crippen molar-refractivity contribution in [2.75, 3.05) is 40.5 Å². The number of para-hydroxylation sites is 2. The number of rotatable bonds is 14. The van der Waals surface area contributed by atoms with Crippen LogP contribution in [-0.2, 0) is 27.3 Å². The number of halogens is 1. The van der Waals surface area contributed by atoms with Crippen LogP contribution in [0.2, 0.25) is 0 Å². The number of aromatic nitrogens is 1. The van der Waals surface area contributed by atoms with Crippen molar-refractivity contribution in [1.29, 1.82) is 0 Å². The maximum Gasteiger partial charge on any atom is 0.245 e. The molecule has 4 rings (SSSR count). The Morgan fingerprint density at radius 1 is 0.875 bits per heavy atom. The molecule has 3 aromatic carbocycles. The molecule has 40 heavy (non-hydrogen) atoms. The zero-order valence-corrected chi connectivity index (χ0v) is 23.8. The van der Waals surface area contributed by atoms with Crippen LogP contribution in [0, 0.1) is 0 Å². The summed E-state index contributed by atoms with van der Waals surface area (Å²) in [6.07, 6.45) is 3.25. The normalized spacial score (nSPS) is 11.8. The average molecular weight is 562 g/mol. The van der Waals surface area contributed by atoms with Gasteiger partial charge in [0, 0.05) is 56.0 Å². The van der Waals surface area contributed by atoms with Gasteiger partial charge in [-0.15, -0.1) is 11.6 Å². The molecule has 0 aliphatic carbocycles. The van der Waals surface area contributed by atoms with E-state index in [-0.39, 0.29) is 18.4 Å². The SMILES string of the molecule is COCCCN(CC(=O)N(CCc1c[nH]c2ccccc12)Cc1ccccc1OC)C(=O)C(Cl)c1ccccc1. The Labute approximate surface area is 240 Å². The summed E-state index contributed by atoms with van der Waals surface area (Å²) in [7, 11) is 3.24. The fourth-order valence-electron chi connectivity index (χ4n) is 4.78. The van der Waals surface area contributed by atoms with Gasteiger partial charge < -0.3 is 24.3 Å². The van der Waals surface area contributed by atoms with Crippen molar-refractivity contribution in [2.45, 2.75) is 24.8 Å². The summed E-state index contributed by atoms with van der Waals surface area (Å²) < 4.78 is 10.8. The molecule has 7 nitrogen and oxygen atoms in total. The largest absolute Gasteiger partial charge is 0.496 e. The number of methoxy groups -OCH3 is 2. The molecule has 1 N–H and O–H groups in total. The number of aromatic amines is 1. The molecule has 4 aromatic rings. The number of benzene rings is 3. The number of alkyl halides is 1. The number of ether oxygens (including phenoxy) is 2. The van der Waals surface area contributed by atoms with Crippen LogP contribution in [0.1, 0.15) is 28.5 Å². The van der Waals surface area contributed by atoms with Gasteiger partial charge in [0.1, 0.15) is 11.1 Å². The topological polar surface area (TPSA) is 74.9 Å². The first-order chi connectivity index (χ1) is 19.5. The molecular weight excluding hydrogens is 526 g/mol. The number of nitrogens with one attached hydrogen (secondary N) is 1. The van der Waals surface area contributed by atoms with Crippen LogP contribution >= 0.6 is 11.6 Å². The van der Waals surface area contributed by atoms with Gasteiger partial charge in [0.25, 0.3) is 0 Å². The predicted molar refractivity (Wildman–Crippen MR) is 159 cm³/mol. The van der Waals surface area contributed by atoms with Crippen molar-refractivity contribution in [2.24, 2.45) is 0 Å². The first-order valence-corrected chi connectivity index (χ1v) is 13.9. The van der Waals surface area contributed by atoms with Crippen LogP contribution in [0.5, 0.6) is 5.75 Å². The summed E-state index contributed by atoms with van der Waals surface area (Å²) in [4.78, 5) is 34.0. The second-order valence-corrected chi connectivity index (χ2v) is 10.1. The van der Waals surface area contributed by atoms with Crippen LogP contribution in [0.4, 0.5) is 0 Å². The van der Waals surface area contributed by atoms with Gasteiger partial charge in [0.05, 0.1) is 13.7 Å². The van der Waals surface area contributed by atoms with E-state index >= 15 is 0 Å². The van der Waals surface area contributed by atoms with E-state index in [1.807, 2.05) is 79.0 Å². The highest BCUT2D eigenvalue weighted by Gasteiger charge is 2.27. The lowest BCUT2D eigenvalue weighted by Crippen LogP contribution is -2.45. The summed E-state index contributed by atoms with van der Waals surface area (Å²) in [6, 6.07) is 25.0. The highest BCUT2D eigenvalue weighted by molar-refractivity contribution is 6.30. The summed E-state index contributed by atoms with van der Waals surface area (Å²) in [5, 5.41) is 0.252. The van der Waals surface area contributed by atoms with E-state index in [4.69, 9.17) is 21.1 Å². The van der Waals surface area contributed by atoms with E-state index in [1.54, 1.807) is 24.0 Å². The fourth-order valence-corrected chi connectivity index (χ4v) is 5.06. The number of carbonyl (C=O) groups excluding carboxylic acids is 2. The summed E-state index contributed by atoms with van der Waals surface area (Å²) >= 11 is 6.61. The second-order valence-electron chi connectivity index (χ2n) is 9.62. The minimum atomic E-state index is -0.884. The number of fused-ring (bicyclic) bond motifs is 1. The molecule has 0 bridgehead atoms. The van der Waals surface area contributed by atoms with E-state index in [0.29, 0.717) is 50.4 Å². The fraction of sp³-hybridized carbons (Fsp3) is 0.312. The lowest BCUT2D eigenvalue weighted by Gasteiger charge is -2.29. The zero-order valence-electron chi connectivity index (χ0n) is 23.0. The van der Waals surface area contributed by atoms with Gasteiger partial charge in [0.15, 0.2) is 0 Å².